The van der Waals surface area contributed by atoms with Gasteiger partial charge in [0.15, 0.2) is 6.29 Å². The molecule has 0 radical (unpaired) electrons. The van der Waals surface area contributed by atoms with Crippen LogP contribution >= 0.6 is 0 Å². The fourth-order valence-corrected chi connectivity index (χ4v) is 2.14. The second kappa shape index (κ2) is 19.7. The highest BCUT2D eigenvalue weighted by molar-refractivity contribution is 5.84. The van der Waals surface area contributed by atoms with E-state index in [2.05, 4.69) is 35.2 Å². The van der Waals surface area contributed by atoms with Crippen molar-refractivity contribution in [2.45, 2.75) is 19.9 Å². The fourth-order valence-electron chi connectivity index (χ4n) is 2.14. The van der Waals surface area contributed by atoms with Gasteiger partial charge in [-0.1, -0.05) is 26.0 Å². The number of aldehydes is 1. The van der Waals surface area contributed by atoms with Crippen LogP contribution in [0.4, 0.5) is 5.69 Å². The Bertz CT molecular complexity index is 765. The molecule has 0 saturated carbocycles. The molecular weight excluding hydrogens is 408 g/mol. The number of ether oxygens (including phenoxy) is 1. The van der Waals surface area contributed by atoms with Crippen LogP contribution in [0.3, 0.4) is 0 Å². The summed E-state index contributed by atoms with van der Waals surface area (Å²) in [6, 6.07) is 11.6. The van der Waals surface area contributed by atoms with E-state index in [1.54, 1.807) is 32.5 Å². The minimum absolute atomic E-state index is 0.522. The Morgan fingerprint density at radius 1 is 1.22 bits per heavy atom. The summed E-state index contributed by atoms with van der Waals surface area (Å²) in [5.41, 5.74) is 7.60. The molecule has 0 fully saturated rings. The molecular formula is C23H38N6O3. The molecule has 0 amide bonds. The third-order valence-electron chi connectivity index (χ3n) is 3.87. The molecule has 0 saturated heterocycles. The molecule has 9 nitrogen and oxygen atoms in total. The lowest BCUT2D eigenvalue weighted by molar-refractivity contribution is -0.0980. The number of hydrogen-bond donors (Lipinski definition) is 4. The van der Waals surface area contributed by atoms with Crippen LogP contribution in [0.5, 0.6) is 5.88 Å². The second-order valence-electron chi connectivity index (χ2n) is 6.32. The first-order valence-corrected chi connectivity index (χ1v) is 9.93. The number of rotatable bonds is 8. The first-order valence-electron chi connectivity index (χ1n) is 9.93. The molecule has 0 aliphatic rings. The van der Waals surface area contributed by atoms with Crippen LogP contribution in [-0.4, -0.2) is 63.9 Å². The van der Waals surface area contributed by atoms with E-state index in [-0.39, 0.29) is 0 Å². The van der Waals surface area contributed by atoms with Gasteiger partial charge in [0.2, 0.25) is 5.88 Å². The number of benzene rings is 1. The van der Waals surface area contributed by atoms with Crippen molar-refractivity contribution in [3.63, 3.8) is 0 Å². The van der Waals surface area contributed by atoms with Crippen LogP contribution in [0.1, 0.15) is 29.8 Å². The summed E-state index contributed by atoms with van der Waals surface area (Å²) in [5, 5.41) is 7.76. The SMILES string of the molecule is C=O.CN.CNC(C)C.COc1ccc(/C(=C/CNc2ccccc2C=O)N(C)N)cn1. The number of pyridine rings is 1. The summed E-state index contributed by atoms with van der Waals surface area (Å²) in [6.45, 7) is 6.74. The Labute approximate surface area is 191 Å². The van der Waals surface area contributed by atoms with Gasteiger partial charge in [-0.2, -0.15) is 0 Å². The van der Waals surface area contributed by atoms with Crippen molar-refractivity contribution in [1.82, 2.24) is 15.3 Å². The van der Waals surface area contributed by atoms with Crippen LogP contribution < -0.4 is 26.9 Å². The predicted molar refractivity (Wildman–Crippen MR) is 132 cm³/mol. The van der Waals surface area contributed by atoms with Gasteiger partial charge in [-0.25, -0.2) is 10.8 Å². The van der Waals surface area contributed by atoms with Gasteiger partial charge in [-0.05, 0) is 38.4 Å². The number of carbonyl (C=O) groups excluding carboxylic acids is 2. The molecule has 0 atom stereocenters. The van der Waals surface area contributed by atoms with Crippen molar-refractivity contribution in [2.75, 3.05) is 40.1 Å². The maximum Gasteiger partial charge on any atom is 0.212 e. The first-order chi connectivity index (χ1) is 15.4. The van der Waals surface area contributed by atoms with Gasteiger partial charge in [-0.3, -0.25) is 4.79 Å². The summed E-state index contributed by atoms with van der Waals surface area (Å²) in [4.78, 5) is 23.2. The zero-order chi connectivity index (χ0) is 24.9. The molecule has 0 unspecified atom stereocenters. The second-order valence-corrected chi connectivity index (χ2v) is 6.32. The number of nitrogens with two attached hydrogens (primary N) is 2. The summed E-state index contributed by atoms with van der Waals surface area (Å²) in [5.74, 6) is 6.44. The lowest BCUT2D eigenvalue weighted by Gasteiger charge is -2.17. The number of nitrogens with zero attached hydrogens (tertiary/aromatic N) is 2. The van der Waals surface area contributed by atoms with Gasteiger partial charge in [-0.15, -0.1) is 0 Å². The summed E-state index contributed by atoms with van der Waals surface area (Å²) in [6.07, 6.45) is 4.47. The third-order valence-corrected chi connectivity index (χ3v) is 3.87. The van der Waals surface area contributed by atoms with Crippen molar-refractivity contribution in [3.8, 4) is 5.88 Å². The zero-order valence-corrected chi connectivity index (χ0v) is 20.0. The standard InChI is InChI=1S/C17H20N4O2.C4H11N.CH5N.CH2O/c1-21(18)16(13-7-8-17(23-2)20-11-13)9-10-19-15-6-4-3-5-14(15)12-22;1-4(2)5-3;2*1-2/h3-9,11-12,19H,10,18H2,1-2H3;4-5H,1-3H3;2H2,1H3;1H2/b16-9-;;;. The van der Waals surface area contributed by atoms with Crippen molar-refractivity contribution >= 4 is 24.5 Å². The predicted octanol–water partition coefficient (Wildman–Crippen LogP) is 2.17. The average Bonchev–Trinajstić information content (AvgIpc) is 2.85. The van der Waals surface area contributed by atoms with Gasteiger partial charge in [0.25, 0.3) is 0 Å². The topological polar surface area (TPSA) is 136 Å². The monoisotopic (exact) mass is 446 g/mol. The Morgan fingerprint density at radius 3 is 2.25 bits per heavy atom. The number of aromatic nitrogens is 1. The molecule has 6 N–H and O–H groups in total. The maximum absolute atomic E-state index is 11.0. The number of para-hydroxylation sites is 1. The van der Waals surface area contributed by atoms with Gasteiger partial charge >= 0.3 is 0 Å². The minimum Gasteiger partial charge on any atom is -0.481 e. The molecule has 32 heavy (non-hydrogen) atoms. The molecule has 0 bridgehead atoms. The highest BCUT2D eigenvalue weighted by Crippen LogP contribution is 2.18. The van der Waals surface area contributed by atoms with Crippen LogP contribution in [0.2, 0.25) is 0 Å². The summed E-state index contributed by atoms with van der Waals surface area (Å²) in [7, 11) is 6.78. The first kappa shape index (κ1) is 30.9. The summed E-state index contributed by atoms with van der Waals surface area (Å²) < 4.78 is 5.05. The summed E-state index contributed by atoms with van der Waals surface area (Å²) >= 11 is 0. The smallest absolute Gasteiger partial charge is 0.212 e. The van der Waals surface area contributed by atoms with Gasteiger partial charge in [0.1, 0.15) is 6.79 Å². The highest BCUT2D eigenvalue weighted by atomic mass is 16.5. The van der Waals surface area contributed by atoms with Crippen molar-refractivity contribution < 1.29 is 14.3 Å². The lowest BCUT2D eigenvalue weighted by Crippen LogP contribution is -2.25. The molecule has 178 valence electrons. The van der Waals surface area contributed by atoms with E-state index in [1.807, 2.05) is 44.2 Å². The quantitative estimate of drug-likeness (QED) is 0.273. The normalized spacial score (nSPS) is 9.72. The fraction of sp³-hybridized carbons (Fsp3) is 0.348. The molecule has 0 aliphatic heterocycles. The Balaban J connectivity index is 0. The number of hydrazine groups is 1. The Morgan fingerprint density at radius 2 is 1.81 bits per heavy atom. The van der Waals surface area contributed by atoms with Gasteiger partial charge in [0.05, 0.1) is 12.8 Å². The van der Waals surface area contributed by atoms with E-state index < -0.39 is 0 Å². The molecule has 1 aromatic carbocycles. The molecule has 0 aliphatic carbocycles. The maximum atomic E-state index is 11.0. The van der Waals surface area contributed by atoms with E-state index in [0.717, 1.165) is 23.2 Å². The molecule has 9 heteroatoms. The molecule has 0 spiro atoms. The van der Waals surface area contributed by atoms with Crippen molar-refractivity contribution in [1.29, 1.82) is 0 Å². The molecule has 1 heterocycles. The van der Waals surface area contributed by atoms with E-state index in [9.17, 15) is 4.79 Å². The minimum atomic E-state index is 0.522. The number of nitrogens with one attached hydrogen (secondary N) is 2. The van der Waals surface area contributed by atoms with Crippen LogP contribution in [-0.2, 0) is 4.79 Å². The molecule has 2 rings (SSSR count). The largest absolute Gasteiger partial charge is 0.481 e. The highest BCUT2D eigenvalue weighted by Gasteiger charge is 2.06. The average molecular weight is 447 g/mol. The number of methoxy groups -OCH3 is 1. The van der Waals surface area contributed by atoms with Gasteiger partial charge in [0, 0.05) is 48.7 Å². The van der Waals surface area contributed by atoms with E-state index in [1.165, 1.54) is 12.1 Å². The van der Waals surface area contributed by atoms with E-state index in [0.29, 0.717) is 24.0 Å². The van der Waals surface area contributed by atoms with Crippen LogP contribution in [0.15, 0.2) is 48.7 Å². The van der Waals surface area contributed by atoms with E-state index in [4.69, 9.17) is 15.4 Å². The zero-order valence-electron chi connectivity index (χ0n) is 20.0. The third kappa shape index (κ3) is 12.4. The molecule has 1 aromatic heterocycles. The van der Waals surface area contributed by atoms with Crippen LogP contribution in [0, 0.1) is 0 Å². The Kier molecular flexibility index (Phi) is 19.0. The van der Waals surface area contributed by atoms with Crippen molar-refractivity contribution in [3.05, 3.63) is 59.8 Å². The number of anilines is 1. The van der Waals surface area contributed by atoms with Crippen LogP contribution in [0.25, 0.3) is 5.70 Å². The Hall–Kier alpha value is -3.27. The number of carbonyl (C=O) groups is 2. The number of hydrogen-bond acceptors (Lipinski definition) is 9. The molecule has 2 aromatic rings. The van der Waals surface area contributed by atoms with Crippen molar-refractivity contribution in [2.24, 2.45) is 11.6 Å². The lowest BCUT2D eigenvalue weighted by atomic mass is 10.2. The van der Waals surface area contributed by atoms with Gasteiger partial charge < -0.3 is 30.9 Å². The van der Waals surface area contributed by atoms with E-state index >= 15 is 0 Å².